The van der Waals surface area contributed by atoms with Crippen LogP contribution in [-0.4, -0.2) is 17.3 Å². The average molecular weight is 210 g/mol. The quantitative estimate of drug-likeness (QED) is 0.753. The molecule has 0 aromatic carbocycles. The highest BCUT2D eigenvalue weighted by Gasteiger charge is 2.17. The van der Waals surface area contributed by atoms with Crippen LogP contribution in [0.15, 0.2) is 18.5 Å². The SMILES string of the molecule is CC(CCCN)C(=O)c1ccncc1F. The molecule has 0 saturated carbocycles. The van der Waals surface area contributed by atoms with Crippen molar-refractivity contribution in [1.29, 1.82) is 0 Å². The van der Waals surface area contributed by atoms with Gasteiger partial charge in [0.15, 0.2) is 11.6 Å². The molecule has 0 spiro atoms. The monoisotopic (exact) mass is 210 g/mol. The van der Waals surface area contributed by atoms with E-state index in [9.17, 15) is 9.18 Å². The van der Waals surface area contributed by atoms with Crippen LogP contribution in [0.4, 0.5) is 4.39 Å². The summed E-state index contributed by atoms with van der Waals surface area (Å²) in [6.45, 7) is 2.34. The van der Waals surface area contributed by atoms with Gasteiger partial charge < -0.3 is 5.73 Å². The molecule has 0 fully saturated rings. The molecule has 0 aliphatic rings. The Labute approximate surface area is 88.5 Å². The number of aromatic nitrogens is 1. The van der Waals surface area contributed by atoms with Crippen LogP contribution in [0.2, 0.25) is 0 Å². The maximum Gasteiger partial charge on any atom is 0.168 e. The average Bonchev–Trinajstić information content (AvgIpc) is 2.25. The number of Topliss-reactive ketones (excluding diaryl/α,β-unsaturated/α-hetero) is 1. The van der Waals surface area contributed by atoms with Gasteiger partial charge in [-0.15, -0.1) is 0 Å². The Balaban J connectivity index is 2.72. The summed E-state index contributed by atoms with van der Waals surface area (Å²) in [5.74, 6) is -0.920. The first-order chi connectivity index (χ1) is 7.16. The number of carbonyl (C=O) groups excluding carboxylic acids is 1. The first-order valence-electron chi connectivity index (χ1n) is 5.00. The molecule has 1 atom stereocenters. The van der Waals surface area contributed by atoms with Crippen LogP contribution >= 0.6 is 0 Å². The van der Waals surface area contributed by atoms with Crippen molar-refractivity contribution in [1.82, 2.24) is 4.98 Å². The van der Waals surface area contributed by atoms with Crippen LogP contribution in [0.5, 0.6) is 0 Å². The van der Waals surface area contributed by atoms with Gasteiger partial charge >= 0.3 is 0 Å². The molecule has 0 radical (unpaired) electrons. The Morgan fingerprint density at radius 3 is 3.00 bits per heavy atom. The zero-order chi connectivity index (χ0) is 11.3. The fourth-order valence-corrected chi connectivity index (χ4v) is 1.40. The number of nitrogens with zero attached hydrogens (tertiary/aromatic N) is 1. The smallest absolute Gasteiger partial charge is 0.168 e. The second-order valence-electron chi connectivity index (χ2n) is 3.55. The van der Waals surface area contributed by atoms with E-state index in [1.165, 1.54) is 12.3 Å². The van der Waals surface area contributed by atoms with Crippen molar-refractivity contribution in [2.45, 2.75) is 19.8 Å². The van der Waals surface area contributed by atoms with Crippen molar-refractivity contribution in [2.75, 3.05) is 6.54 Å². The topological polar surface area (TPSA) is 56.0 Å². The second-order valence-corrected chi connectivity index (χ2v) is 3.55. The summed E-state index contributed by atoms with van der Waals surface area (Å²) in [5, 5.41) is 0. The number of halogens is 1. The van der Waals surface area contributed by atoms with E-state index in [4.69, 9.17) is 5.73 Å². The molecule has 0 bridgehead atoms. The first-order valence-corrected chi connectivity index (χ1v) is 5.00. The third-order valence-electron chi connectivity index (χ3n) is 2.33. The lowest BCUT2D eigenvalue weighted by atomic mass is 9.95. The van der Waals surface area contributed by atoms with E-state index in [0.29, 0.717) is 13.0 Å². The lowest BCUT2D eigenvalue weighted by Crippen LogP contribution is -2.14. The highest BCUT2D eigenvalue weighted by molar-refractivity contribution is 5.97. The molecule has 2 N–H and O–H groups in total. The molecular weight excluding hydrogens is 195 g/mol. The minimum atomic E-state index is -0.554. The van der Waals surface area contributed by atoms with Crippen LogP contribution in [0, 0.1) is 11.7 Å². The fraction of sp³-hybridized carbons (Fsp3) is 0.455. The van der Waals surface area contributed by atoms with Crippen LogP contribution in [0.25, 0.3) is 0 Å². The third-order valence-corrected chi connectivity index (χ3v) is 2.33. The Kier molecular flexibility index (Phi) is 4.37. The summed E-state index contributed by atoms with van der Waals surface area (Å²) in [6.07, 6.45) is 3.95. The fourth-order valence-electron chi connectivity index (χ4n) is 1.40. The van der Waals surface area contributed by atoms with Gasteiger partial charge in [0.25, 0.3) is 0 Å². The molecule has 0 saturated heterocycles. The number of pyridine rings is 1. The number of hydrogen-bond acceptors (Lipinski definition) is 3. The predicted molar refractivity (Wildman–Crippen MR) is 56.0 cm³/mol. The molecule has 15 heavy (non-hydrogen) atoms. The maximum absolute atomic E-state index is 13.2. The Hall–Kier alpha value is -1.29. The highest BCUT2D eigenvalue weighted by Crippen LogP contribution is 2.15. The lowest BCUT2D eigenvalue weighted by molar-refractivity contribution is 0.0919. The lowest BCUT2D eigenvalue weighted by Gasteiger charge is -2.09. The van der Waals surface area contributed by atoms with Crippen molar-refractivity contribution in [3.63, 3.8) is 0 Å². The largest absolute Gasteiger partial charge is 0.330 e. The molecular formula is C11H15FN2O. The Morgan fingerprint density at radius 1 is 1.67 bits per heavy atom. The maximum atomic E-state index is 13.2. The molecule has 3 nitrogen and oxygen atoms in total. The van der Waals surface area contributed by atoms with Crippen LogP contribution in [-0.2, 0) is 0 Å². The normalized spacial score (nSPS) is 12.5. The molecule has 4 heteroatoms. The molecule has 1 aromatic heterocycles. The van der Waals surface area contributed by atoms with Crippen molar-refractivity contribution in [3.05, 3.63) is 29.8 Å². The third kappa shape index (κ3) is 3.09. The molecule has 0 aliphatic carbocycles. The minimum Gasteiger partial charge on any atom is -0.330 e. The van der Waals surface area contributed by atoms with Crippen molar-refractivity contribution in [2.24, 2.45) is 11.7 Å². The van der Waals surface area contributed by atoms with E-state index >= 15 is 0 Å². The van der Waals surface area contributed by atoms with Crippen LogP contribution < -0.4 is 5.73 Å². The van der Waals surface area contributed by atoms with Crippen molar-refractivity contribution in [3.8, 4) is 0 Å². The van der Waals surface area contributed by atoms with Gasteiger partial charge in [0.2, 0.25) is 0 Å². The van der Waals surface area contributed by atoms with Crippen molar-refractivity contribution < 1.29 is 9.18 Å². The van der Waals surface area contributed by atoms with Crippen LogP contribution in [0.1, 0.15) is 30.1 Å². The van der Waals surface area contributed by atoms with Gasteiger partial charge in [-0.05, 0) is 25.5 Å². The molecule has 1 unspecified atom stereocenters. The summed E-state index contributed by atoms with van der Waals surface area (Å²) in [5.41, 5.74) is 5.47. The molecule has 1 heterocycles. The van der Waals surface area contributed by atoms with Gasteiger partial charge in [0, 0.05) is 12.1 Å². The summed E-state index contributed by atoms with van der Waals surface area (Å²) >= 11 is 0. The van der Waals surface area contributed by atoms with Gasteiger partial charge in [-0.2, -0.15) is 0 Å². The van der Waals surface area contributed by atoms with Gasteiger partial charge in [-0.1, -0.05) is 6.92 Å². The number of rotatable bonds is 5. The van der Waals surface area contributed by atoms with Gasteiger partial charge in [-0.25, -0.2) is 4.39 Å². The van der Waals surface area contributed by atoms with E-state index in [0.717, 1.165) is 12.6 Å². The second kappa shape index (κ2) is 5.56. The summed E-state index contributed by atoms with van der Waals surface area (Å²) < 4.78 is 13.2. The molecule has 1 aromatic rings. The molecule has 82 valence electrons. The zero-order valence-electron chi connectivity index (χ0n) is 8.74. The van der Waals surface area contributed by atoms with E-state index in [1.54, 1.807) is 6.92 Å². The Morgan fingerprint density at radius 2 is 2.40 bits per heavy atom. The minimum absolute atomic E-state index is 0.120. The molecule has 0 aliphatic heterocycles. The molecule has 1 rings (SSSR count). The predicted octanol–water partition coefficient (Wildman–Crippen LogP) is 1.78. The highest BCUT2D eigenvalue weighted by atomic mass is 19.1. The Bertz CT molecular complexity index is 341. The van der Waals surface area contributed by atoms with Gasteiger partial charge in [0.1, 0.15) is 0 Å². The summed E-state index contributed by atoms with van der Waals surface area (Å²) in [6, 6.07) is 1.41. The van der Waals surface area contributed by atoms with Gasteiger partial charge in [-0.3, -0.25) is 9.78 Å². The number of carbonyl (C=O) groups is 1. The van der Waals surface area contributed by atoms with E-state index in [1.807, 2.05) is 0 Å². The summed E-state index contributed by atoms with van der Waals surface area (Å²) in [4.78, 5) is 15.4. The van der Waals surface area contributed by atoms with Gasteiger partial charge in [0.05, 0.1) is 11.8 Å². The summed E-state index contributed by atoms with van der Waals surface area (Å²) in [7, 11) is 0. The zero-order valence-corrected chi connectivity index (χ0v) is 8.74. The van der Waals surface area contributed by atoms with E-state index in [2.05, 4.69) is 4.98 Å². The standard InChI is InChI=1S/C11H15FN2O/c1-8(3-2-5-13)11(15)9-4-6-14-7-10(9)12/h4,6-8H,2-3,5,13H2,1H3. The number of hydrogen-bond donors (Lipinski definition) is 1. The first kappa shape index (κ1) is 11.8. The van der Waals surface area contributed by atoms with E-state index in [-0.39, 0.29) is 17.3 Å². The van der Waals surface area contributed by atoms with Crippen LogP contribution in [0.3, 0.4) is 0 Å². The number of nitrogens with two attached hydrogens (primary N) is 1. The van der Waals surface area contributed by atoms with E-state index < -0.39 is 5.82 Å². The number of ketones is 1. The molecule has 0 amide bonds. The van der Waals surface area contributed by atoms with Crippen molar-refractivity contribution >= 4 is 5.78 Å².